The number of rotatable bonds is 5. The lowest BCUT2D eigenvalue weighted by Gasteiger charge is -2.32. The van der Waals surface area contributed by atoms with Crippen LogP contribution in [0.3, 0.4) is 0 Å². The summed E-state index contributed by atoms with van der Waals surface area (Å²) < 4.78 is 0. The van der Waals surface area contributed by atoms with Crippen LogP contribution >= 0.6 is 0 Å². The predicted octanol–water partition coefficient (Wildman–Crippen LogP) is 2.06. The van der Waals surface area contributed by atoms with Crippen LogP contribution in [0.2, 0.25) is 0 Å². The molecule has 0 rings (SSSR count). The molecule has 0 radical (unpaired) electrons. The molecule has 0 heterocycles. The molecule has 0 unspecified atom stereocenters. The number of nitrogens with zero attached hydrogens (tertiary/aromatic N) is 1. The monoisotopic (exact) mass is 255 g/mol. The number of ketones is 2. The predicted molar refractivity (Wildman–Crippen MR) is 71.2 cm³/mol. The standard InChI is InChI=1S/C14H25NO3/c1-9(2)8-11(12(17)14(4,5)6)15(7)13(18)10(3)16/h9,11H,8H2,1-7H3/t11-/m1/s1. The largest absolute Gasteiger partial charge is 0.329 e. The van der Waals surface area contributed by atoms with Crippen LogP contribution in [0, 0.1) is 11.3 Å². The van der Waals surface area contributed by atoms with Crippen molar-refractivity contribution in [3.05, 3.63) is 0 Å². The maximum atomic E-state index is 12.4. The van der Waals surface area contributed by atoms with Gasteiger partial charge in [0.25, 0.3) is 5.91 Å². The van der Waals surface area contributed by atoms with E-state index in [1.54, 1.807) is 0 Å². The van der Waals surface area contributed by atoms with E-state index in [4.69, 9.17) is 0 Å². The molecule has 0 bridgehead atoms. The average Bonchev–Trinajstić information content (AvgIpc) is 2.21. The molecule has 0 aromatic heterocycles. The molecule has 4 heteroatoms. The first-order valence-corrected chi connectivity index (χ1v) is 6.30. The molecule has 1 amide bonds. The molecule has 0 saturated heterocycles. The zero-order valence-electron chi connectivity index (χ0n) is 12.5. The zero-order valence-corrected chi connectivity index (χ0v) is 12.5. The SMILES string of the molecule is CC(=O)C(=O)N(C)[C@H](CC(C)C)C(=O)C(C)(C)C. The summed E-state index contributed by atoms with van der Waals surface area (Å²) in [7, 11) is 1.53. The van der Waals surface area contributed by atoms with E-state index in [1.165, 1.54) is 18.9 Å². The van der Waals surface area contributed by atoms with Crippen LogP contribution in [0.25, 0.3) is 0 Å². The lowest BCUT2D eigenvalue weighted by atomic mass is 9.83. The summed E-state index contributed by atoms with van der Waals surface area (Å²) >= 11 is 0. The Hall–Kier alpha value is -1.19. The van der Waals surface area contributed by atoms with E-state index >= 15 is 0 Å². The van der Waals surface area contributed by atoms with Crippen molar-refractivity contribution in [1.82, 2.24) is 4.90 Å². The lowest BCUT2D eigenvalue weighted by Crippen LogP contribution is -2.49. The van der Waals surface area contributed by atoms with E-state index in [0.717, 1.165) is 0 Å². The Morgan fingerprint density at radius 2 is 1.56 bits per heavy atom. The Balaban J connectivity index is 5.18. The topological polar surface area (TPSA) is 54.5 Å². The molecule has 0 aliphatic rings. The van der Waals surface area contributed by atoms with Gasteiger partial charge < -0.3 is 4.90 Å². The van der Waals surface area contributed by atoms with E-state index in [1.807, 2.05) is 34.6 Å². The summed E-state index contributed by atoms with van der Waals surface area (Å²) in [4.78, 5) is 36.5. The quantitative estimate of drug-likeness (QED) is 0.707. The molecule has 4 nitrogen and oxygen atoms in total. The third kappa shape index (κ3) is 4.59. The number of amides is 1. The van der Waals surface area contributed by atoms with Crippen molar-refractivity contribution in [3.63, 3.8) is 0 Å². The normalized spacial score (nSPS) is 13.3. The van der Waals surface area contributed by atoms with Crippen molar-refractivity contribution in [3.8, 4) is 0 Å². The van der Waals surface area contributed by atoms with Gasteiger partial charge in [-0.25, -0.2) is 0 Å². The number of Topliss-reactive ketones (excluding diaryl/α,β-unsaturated/α-hetero) is 2. The molecule has 1 atom stereocenters. The summed E-state index contributed by atoms with van der Waals surface area (Å²) in [6.07, 6.45) is 0.575. The Labute approximate surface area is 110 Å². The molecule has 0 aliphatic carbocycles. The van der Waals surface area contributed by atoms with Crippen LogP contribution < -0.4 is 0 Å². The molecule has 0 fully saturated rings. The fourth-order valence-electron chi connectivity index (χ4n) is 1.78. The number of hydrogen-bond acceptors (Lipinski definition) is 3. The second kappa shape index (κ2) is 6.12. The van der Waals surface area contributed by atoms with Gasteiger partial charge in [0.05, 0.1) is 6.04 Å². The third-order valence-corrected chi connectivity index (χ3v) is 2.83. The molecule has 104 valence electrons. The Morgan fingerprint density at radius 3 is 1.83 bits per heavy atom. The van der Waals surface area contributed by atoms with Crippen molar-refractivity contribution in [1.29, 1.82) is 0 Å². The first kappa shape index (κ1) is 16.8. The van der Waals surface area contributed by atoms with Crippen LogP contribution in [0.5, 0.6) is 0 Å². The molecule has 0 saturated carbocycles. The molecule has 0 N–H and O–H groups in total. The number of hydrogen-bond donors (Lipinski definition) is 0. The van der Waals surface area contributed by atoms with Crippen LogP contribution in [-0.4, -0.2) is 35.5 Å². The zero-order chi connectivity index (χ0) is 14.7. The minimum absolute atomic E-state index is 0.00620. The maximum Gasteiger partial charge on any atom is 0.289 e. The van der Waals surface area contributed by atoms with Gasteiger partial charge in [0.15, 0.2) is 5.78 Å². The summed E-state index contributed by atoms with van der Waals surface area (Å²) in [6, 6.07) is -0.526. The van der Waals surface area contributed by atoms with E-state index in [9.17, 15) is 14.4 Å². The summed E-state index contributed by atoms with van der Waals surface area (Å²) in [5, 5.41) is 0. The highest BCUT2D eigenvalue weighted by Crippen LogP contribution is 2.23. The van der Waals surface area contributed by atoms with Crippen molar-refractivity contribution in [2.45, 2.75) is 54.0 Å². The van der Waals surface area contributed by atoms with Crippen molar-refractivity contribution >= 4 is 17.5 Å². The van der Waals surface area contributed by atoms with Crippen LogP contribution in [0.4, 0.5) is 0 Å². The van der Waals surface area contributed by atoms with Crippen molar-refractivity contribution in [2.75, 3.05) is 7.05 Å². The highest BCUT2D eigenvalue weighted by Gasteiger charge is 2.35. The fourth-order valence-corrected chi connectivity index (χ4v) is 1.78. The van der Waals surface area contributed by atoms with Gasteiger partial charge in [-0.05, 0) is 12.3 Å². The Kier molecular flexibility index (Phi) is 5.71. The van der Waals surface area contributed by atoms with Crippen LogP contribution in [-0.2, 0) is 14.4 Å². The number of likely N-dealkylation sites (N-methyl/N-ethyl adjacent to an activating group) is 1. The first-order valence-electron chi connectivity index (χ1n) is 6.30. The van der Waals surface area contributed by atoms with Gasteiger partial charge in [0.1, 0.15) is 0 Å². The lowest BCUT2D eigenvalue weighted by molar-refractivity contribution is -0.148. The maximum absolute atomic E-state index is 12.4. The van der Waals surface area contributed by atoms with Gasteiger partial charge in [-0.3, -0.25) is 14.4 Å². The fraction of sp³-hybridized carbons (Fsp3) is 0.786. The highest BCUT2D eigenvalue weighted by molar-refractivity contribution is 6.35. The summed E-state index contributed by atoms with van der Waals surface area (Å²) in [5.41, 5.74) is -0.523. The second-order valence-corrected chi connectivity index (χ2v) is 6.23. The van der Waals surface area contributed by atoms with Gasteiger partial charge >= 0.3 is 0 Å². The summed E-state index contributed by atoms with van der Waals surface area (Å²) in [5.74, 6) is -0.858. The molecular formula is C14H25NO3. The Morgan fingerprint density at radius 1 is 1.11 bits per heavy atom. The van der Waals surface area contributed by atoms with E-state index in [0.29, 0.717) is 6.42 Å². The average molecular weight is 255 g/mol. The van der Waals surface area contributed by atoms with Crippen molar-refractivity contribution in [2.24, 2.45) is 11.3 Å². The van der Waals surface area contributed by atoms with Gasteiger partial charge in [-0.1, -0.05) is 34.6 Å². The van der Waals surface area contributed by atoms with Crippen LogP contribution in [0.1, 0.15) is 48.0 Å². The highest BCUT2D eigenvalue weighted by atomic mass is 16.2. The molecule has 0 aliphatic heterocycles. The van der Waals surface area contributed by atoms with Crippen molar-refractivity contribution < 1.29 is 14.4 Å². The van der Waals surface area contributed by atoms with Gasteiger partial charge in [0, 0.05) is 19.4 Å². The van der Waals surface area contributed by atoms with Gasteiger partial charge in [0.2, 0.25) is 5.78 Å². The van der Waals surface area contributed by atoms with E-state index in [-0.39, 0.29) is 11.7 Å². The summed E-state index contributed by atoms with van der Waals surface area (Å²) in [6.45, 7) is 10.7. The minimum atomic E-state index is -0.599. The first-order chi connectivity index (χ1) is 7.98. The van der Waals surface area contributed by atoms with E-state index in [2.05, 4.69) is 0 Å². The third-order valence-electron chi connectivity index (χ3n) is 2.83. The molecule has 0 spiro atoms. The molecule has 18 heavy (non-hydrogen) atoms. The van der Waals surface area contributed by atoms with Gasteiger partial charge in [-0.15, -0.1) is 0 Å². The van der Waals surface area contributed by atoms with Gasteiger partial charge in [-0.2, -0.15) is 0 Å². The number of carbonyl (C=O) groups excluding carboxylic acids is 3. The Bertz CT molecular complexity index is 339. The molecular weight excluding hydrogens is 230 g/mol. The van der Waals surface area contributed by atoms with E-state index < -0.39 is 23.1 Å². The smallest absolute Gasteiger partial charge is 0.289 e. The second-order valence-electron chi connectivity index (χ2n) is 6.23. The van der Waals surface area contributed by atoms with Crippen LogP contribution in [0.15, 0.2) is 0 Å². The number of carbonyl (C=O) groups is 3. The molecule has 0 aromatic carbocycles. The minimum Gasteiger partial charge on any atom is -0.329 e. The molecule has 0 aromatic rings.